The van der Waals surface area contributed by atoms with Gasteiger partial charge in [-0.05, 0) is 45.2 Å². The summed E-state index contributed by atoms with van der Waals surface area (Å²) in [4.78, 5) is 4.53. The third kappa shape index (κ3) is 2.41. The third-order valence-corrected chi connectivity index (χ3v) is 3.85. The lowest BCUT2D eigenvalue weighted by atomic mass is 9.85. The number of nitrogens with zero attached hydrogens (tertiary/aromatic N) is 1. The lowest BCUT2D eigenvalue weighted by molar-refractivity contribution is -0.0451. The Balaban J connectivity index is 2.25. The molecule has 100 valence electrons. The SMILES string of the molecule is CCOC(C)(C)C(NN)C1CCc2cccnc21. The summed E-state index contributed by atoms with van der Waals surface area (Å²) in [6.45, 7) is 6.87. The van der Waals surface area contributed by atoms with Gasteiger partial charge in [0.05, 0.1) is 11.6 Å². The zero-order valence-electron chi connectivity index (χ0n) is 11.4. The number of nitrogens with one attached hydrogen (secondary N) is 1. The second-order valence-electron chi connectivity index (χ2n) is 5.37. The molecule has 1 heterocycles. The number of hydrogen-bond donors (Lipinski definition) is 2. The average Bonchev–Trinajstić information content (AvgIpc) is 2.74. The number of pyridine rings is 1. The molecular weight excluding hydrogens is 226 g/mol. The van der Waals surface area contributed by atoms with Gasteiger partial charge < -0.3 is 4.74 Å². The Hall–Kier alpha value is -0.970. The summed E-state index contributed by atoms with van der Waals surface area (Å²) in [6.07, 6.45) is 4.02. The van der Waals surface area contributed by atoms with Gasteiger partial charge in [0.25, 0.3) is 0 Å². The number of rotatable bonds is 5. The van der Waals surface area contributed by atoms with Crippen LogP contribution < -0.4 is 11.3 Å². The molecule has 2 unspecified atom stereocenters. The van der Waals surface area contributed by atoms with Gasteiger partial charge in [-0.1, -0.05) is 6.07 Å². The molecule has 18 heavy (non-hydrogen) atoms. The molecule has 0 fully saturated rings. The van der Waals surface area contributed by atoms with E-state index >= 15 is 0 Å². The number of ether oxygens (including phenoxy) is 1. The Morgan fingerprint density at radius 2 is 2.39 bits per heavy atom. The molecule has 0 spiro atoms. The minimum atomic E-state index is -0.298. The van der Waals surface area contributed by atoms with Crippen molar-refractivity contribution in [3.63, 3.8) is 0 Å². The van der Waals surface area contributed by atoms with Crippen LogP contribution in [0.2, 0.25) is 0 Å². The van der Waals surface area contributed by atoms with Crippen LogP contribution in [0.25, 0.3) is 0 Å². The highest BCUT2D eigenvalue weighted by atomic mass is 16.5. The third-order valence-electron chi connectivity index (χ3n) is 3.85. The summed E-state index contributed by atoms with van der Waals surface area (Å²) in [6, 6.07) is 4.23. The van der Waals surface area contributed by atoms with Crippen LogP contribution in [0.4, 0.5) is 0 Å². The predicted molar refractivity (Wildman–Crippen MR) is 72.1 cm³/mol. The fraction of sp³-hybridized carbons (Fsp3) is 0.643. The van der Waals surface area contributed by atoms with Gasteiger partial charge in [-0.25, -0.2) is 0 Å². The summed E-state index contributed by atoms with van der Waals surface area (Å²) in [5.74, 6) is 6.09. The van der Waals surface area contributed by atoms with Crippen LogP contribution in [-0.2, 0) is 11.2 Å². The van der Waals surface area contributed by atoms with Crippen molar-refractivity contribution in [1.29, 1.82) is 0 Å². The first kappa shape index (κ1) is 13.5. The topological polar surface area (TPSA) is 60.2 Å². The Bertz CT molecular complexity index is 406. The van der Waals surface area contributed by atoms with Gasteiger partial charge >= 0.3 is 0 Å². The standard InChI is InChI=1S/C14H23N3O/c1-4-18-14(2,3)13(17-15)11-8-7-10-6-5-9-16-12(10)11/h5-6,9,11,13,17H,4,7-8,15H2,1-3H3. The van der Waals surface area contributed by atoms with Crippen molar-refractivity contribution in [2.45, 2.75) is 51.2 Å². The van der Waals surface area contributed by atoms with Crippen molar-refractivity contribution in [2.24, 2.45) is 5.84 Å². The highest BCUT2D eigenvalue weighted by Gasteiger charge is 2.40. The van der Waals surface area contributed by atoms with Gasteiger partial charge in [0.15, 0.2) is 0 Å². The monoisotopic (exact) mass is 249 g/mol. The molecule has 0 bridgehead atoms. The van der Waals surface area contributed by atoms with Crippen LogP contribution in [0, 0.1) is 0 Å². The Kier molecular flexibility index (Phi) is 4.00. The molecule has 1 aliphatic carbocycles. The first-order chi connectivity index (χ1) is 8.60. The summed E-state index contributed by atoms with van der Waals surface area (Å²) >= 11 is 0. The molecule has 0 saturated heterocycles. The van der Waals surface area contributed by atoms with E-state index in [1.807, 2.05) is 19.2 Å². The molecule has 1 aromatic heterocycles. The van der Waals surface area contributed by atoms with Crippen molar-refractivity contribution < 1.29 is 4.74 Å². The first-order valence-electron chi connectivity index (χ1n) is 6.64. The molecule has 0 saturated carbocycles. The van der Waals surface area contributed by atoms with E-state index in [1.165, 1.54) is 11.3 Å². The second kappa shape index (κ2) is 5.34. The van der Waals surface area contributed by atoms with Crippen LogP contribution >= 0.6 is 0 Å². The second-order valence-corrected chi connectivity index (χ2v) is 5.37. The van der Waals surface area contributed by atoms with Gasteiger partial charge in [-0.2, -0.15) is 0 Å². The molecule has 2 rings (SSSR count). The fourth-order valence-corrected chi connectivity index (χ4v) is 3.03. The number of aromatic nitrogens is 1. The maximum Gasteiger partial charge on any atom is 0.0798 e. The van der Waals surface area contributed by atoms with E-state index in [0.29, 0.717) is 12.5 Å². The number of fused-ring (bicyclic) bond motifs is 1. The van der Waals surface area contributed by atoms with E-state index in [-0.39, 0.29) is 11.6 Å². The van der Waals surface area contributed by atoms with Crippen LogP contribution in [0.3, 0.4) is 0 Å². The first-order valence-corrected chi connectivity index (χ1v) is 6.64. The molecule has 2 atom stereocenters. The van der Waals surface area contributed by atoms with Crippen LogP contribution in [-0.4, -0.2) is 23.2 Å². The Morgan fingerprint density at radius 3 is 3.06 bits per heavy atom. The van der Waals surface area contributed by atoms with Crippen LogP contribution in [0.1, 0.15) is 44.4 Å². The predicted octanol–water partition coefficient (Wildman–Crippen LogP) is 1.76. The molecule has 4 heteroatoms. The molecule has 3 N–H and O–H groups in total. The zero-order valence-corrected chi connectivity index (χ0v) is 11.4. The van der Waals surface area contributed by atoms with E-state index < -0.39 is 0 Å². The summed E-state index contributed by atoms with van der Waals surface area (Å²) in [7, 11) is 0. The molecule has 0 aliphatic heterocycles. The Morgan fingerprint density at radius 1 is 1.61 bits per heavy atom. The van der Waals surface area contributed by atoms with Crippen LogP contribution in [0.5, 0.6) is 0 Å². The largest absolute Gasteiger partial charge is 0.374 e. The van der Waals surface area contributed by atoms with Crippen molar-refractivity contribution in [1.82, 2.24) is 10.4 Å². The van der Waals surface area contributed by atoms with Gasteiger partial charge in [0, 0.05) is 24.4 Å². The summed E-state index contributed by atoms with van der Waals surface area (Å²) < 4.78 is 5.84. The van der Waals surface area contributed by atoms with Crippen molar-refractivity contribution in [3.05, 3.63) is 29.6 Å². The lowest BCUT2D eigenvalue weighted by Gasteiger charge is -2.37. The highest BCUT2D eigenvalue weighted by molar-refractivity contribution is 5.30. The summed E-state index contributed by atoms with van der Waals surface area (Å²) in [5, 5.41) is 0. The van der Waals surface area contributed by atoms with E-state index in [4.69, 9.17) is 10.6 Å². The maximum atomic E-state index is 5.84. The molecule has 0 amide bonds. The zero-order chi connectivity index (χ0) is 13.2. The lowest BCUT2D eigenvalue weighted by Crippen LogP contribution is -2.54. The molecule has 0 aromatic carbocycles. The van der Waals surface area contributed by atoms with E-state index in [9.17, 15) is 0 Å². The molecule has 4 nitrogen and oxygen atoms in total. The van der Waals surface area contributed by atoms with Crippen LogP contribution in [0.15, 0.2) is 18.3 Å². The minimum Gasteiger partial charge on any atom is -0.374 e. The molecule has 1 aromatic rings. The van der Waals surface area contributed by atoms with Crippen molar-refractivity contribution in [3.8, 4) is 0 Å². The average molecular weight is 249 g/mol. The van der Waals surface area contributed by atoms with Crippen molar-refractivity contribution >= 4 is 0 Å². The molecule has 1 aliphatic rings. The number of aryl methyl sites for hydroxylation is 1. The highest BCUT2D eigenvalue weighted by Crippen LogP contribution is 2.37. The maximum absolute atomic E-state index is 5.84. The quantitative estimate of drug-likeness (QED) is 0.616. The minimum absolute atomic E-state index is 0.0774. The van der Waals surface area contributed by atoms with Gasteiger partial charge in [0.1, 0.15) is 0 Å². The van der Waals surface area contributed by atoms with Crippen molar-refractivity contribution in [2.75, 3.05) is 6.61 Å². The summed E-state index contributed by atoms with van der Waals surface area (Å²) in [5.41, 5.74) is 5.16. The normalized spacial score (nSPS) is 20.8. The number of hydrogen-bond acceptors (Lipinski definition) is 4. The number of hydrazine groups is 1. The van der Waals surface area contributed by atoms with E-state index in [0.717, 1.165) is 12.8 Å². The van der Waals surface area contributed by atoms with Gasteiger partial charge in [0.2, 0.25) is 0 Å². The fourth-order valence-electron chi connectivity index (χ4n) is 3.03. The molecular formula is C14H23N3O. The van der Waals surface area contributed by atoms with E-state index in [1.54, 1.807) is 0 Å². The number of nitrogens with two attached hydrogens (primary N) is 1. The smallest absolute Gasteiger partial charge is 0.0798 e. The van der Waals surface area contributed by atoms with Gasteiger partial charge in [-0.3, -0.25) is 16.3 Å². The molecule has 0 radical (unpaired) electrons. The Labute approximate surface area is 109 Å². The van der Waals surface area contributed by atoms with Gasteiger partial charge in [-0.15, -0.1) is 0 Å². The van der Waals surface area contributed by atoms with E-state index in [2.05, 4.69) is 30.3 Å².